The lowest BCUT2D eigenvalue weighted by molar-refractivity contribution is -0.126. The van der Waals surface area contributed by atoms with Crippen molar-refractivity contribution < 1.29 is 23.9 Å². The van der Waals surface area contributed by atoms with Crippen LogP contribution in [0.3, 0.4) is 0 Å². The van der Waals surface area contributed by atoms with Gasteiger partial charge in [-0.25, -0.2) is 0 Å². The van der Waals surface area contributed by atoms with E-state index in [4.69, 9.17) is 15.2 Å². The minimum atomic E-state index is -0.562. The van der Waals surface area contributed by atoms with Gasteiger partial charge in [-0.15, -0.1) is 0 Å². The summed E-state index contributed by atoms with van der Waals surface area (Å²) in [6.45, 7) is 1.31. The molecule has 1 unspecified atom stereocenters. The number of nitrogens with two attached hydrogens (primary N) is 1. The van der Waals surface area contributed by atoms with Gasteiger partial charge < -0.3 is 30.6 Å². The van der Waals surface area contributed by atoms with E-state index >= 15 is 0 Å². The molecule has 0 fully saturated rings. The van der Waals surface area contributed by atoms with Crippen molar-refractivity contribution in [3.63, 3.8) is 0 Å². The van der Waals surface area contributed by atoms with Gasteiger partial charge in [0.2, 0.25) is 5.91 Å². The molecule has 1 aromatic carbocycles. The molecule has 1 rings (SSSR count). The van der Waals surface area contributed by atoms with Crippen molar-refractivity contribution in [1.82, 2.24) is 10.6 Å². The Kier molecular flexibility index (Phi) is 10.7. The van der Waals surface area contributed by atoms with Gasteiger partial charge in [-0.05, 0) is 43.5 Å². The van der Waals surface area contributed by atoms with E-state index < -0.39 is 6.04 Å². The highest BCUT2D eigenvalue weighted by Crippen LogP contribution is 2.06. The summed E-state index contributed by atoms with van der Waals surface area (Å²) < 4.78 is 9.91. The van der Waals surface area contributed by atoms with Crippen LogP contribution in [0.1, 0.15) is 29.6 Å². The first-order chi connectivity index (χ1) is 12.6. The summed E-state index contributed by atoms with van der Waals surface area (Å²) >= 11 is 0. The highest BCUT2D eigenvalue weighted by atomic mass is 16.5. The van der Waals surface area contributed by atoms with Crippen LogP contribution in [0, 0.1) is 0 Å². The smallest absolute Gasteiger partial charge is 0.251 e. The summed E-state index contributed by atoms with van der Waals surface area (Å²) in [6, 6.07) is 5.92. The second kappa shape index (κ2) is 12.8. The van der Waals surface area contributed by atoms with Gasteiger partial charge in [-0.1, -0.05) is 0 Å². The summed E-state index contributed by atoms with van der Waals surface area (Å²) in [5.41, 5.74) is 6.60. The molecule has 0 aliphatic heterocycles. The van der Waals surface area contributed by atoms with Crippen LogP contribution >= 0.6 is 0 Å². The summed E-state index contributed by atoms with van der Waals surface area (Å²) in [6.07, 6.45) is 2.62. The summed E-state index contributed by atoms with van der Waals surface area (Å²) in [5, 5.41) is 5.41. The number of ether oxygens (including phenoxy) is 2. The number of unbranched alkanes of at least 4 members (excludes halogenated alkanes) is 1. The lowest BCUT2D eigenvalue weighted by atomic mass is 10.1. The Hall–Kier alpha value is -2.45. The molecule has 0 aromatic heterocycles. The second-order valence-corrected chi connectivity index (χ2v) is 5.73. The summed E-state index contributed by atoms with van der Waals surface area (Å²) in [7, 11) is 1.56. The van der Waals surface area contributed by atoms with Gasteiger partial charge in [0.1, 0.15) is 12.9 Å². The molecule has 0 saturated heterocycles. The molecular weight excluding hydrogens is 338 g/mol. The van der Waals surface area contributed by atoms with E-state index in [1.165, 1.54) is 0 Å². The maximum Gasteiger partial charge on any atom is 0.251 e. The van der Waals surface area contributed by atoms with Crippen LogP contribution in [0.5, 0.6) is 0 Å². The van der Waals surface area contributed by atoms with Crippen LogP contribution in [0.4, 0.5) is 5.69 Å². The number of amides is 2. The molecule has 0 aliphatic carbocycles. The predicted octanol–water partition coefficient (Wildman–Crippen LogP) is 0.516. The molecule has 0 spiro atoms. The van der Waals surface area contributed by atoms with Crippen molar-refractivity contribution in [3.05, 3.63) is 29.8 Å². The van der Waals surface area contributed by atoms with Crippen LogP contribution in [-0.2, 0) is 19.1 Å². The zero-order valence-electron chi connectivity index (χ0n) is 15.0. The van der Waals surface area contributed by atoms with Gasteiger partial charge in [0.15, 0.2) is 0 Å². The van der Waals surface area contributed by atoms with E-state index in [2.05, 4.69) is 10.6 Å². The number of anilines is 1. The fourth-order valence-corrected chi connectivity index (χ4v) is 2.14. The van der Waals surface area contributed by atoms with E-state index in [1.807, 2.05) is 0 Å². The molecule has 26 heavy (non-hydrogen) atoms. The lowest BCUT2D eigenvalue weighted by Crippen LogP contribution is -2.36. The predicted molar refractivity (Wildman–Crippen MR) is 97.7 cm³/mol. The third-order valence-electron chi connectivity index (χ3n) is 3.58. The molecule has 1 aromatic rings. The molecule has 0 radical (unpaired) electrons. The fraction of sp³-hybridized carbons (Fsp3) is 0.500. The lowest BCUT2D eigenvalue weighted by Gasteiger charge is -2.13. The molecule has 0 saturated carbocycles. The first kappa shape index (κ1) is 21.6. The van der Waals surface area contributed by atoms with Gasteiger partial charge in [0.25, 0.3) is 5.91 Å². The normalized spacial score (nSPS) is 11.6. The van der Waals surface area contributed by atoms with Crippen molar-refractivity contribution >= 4 is 23.8 Å². The second-order valence-electron chi connectivity index (χ2n) is 5.73. The van der Waals surface area contributed by atoms with E-state index in [-0.39, 0.29) is 18.4 Å². The van der Waals surface area contributed by atoms with Crippen molar-refractivity contribution in [1.29, 1.82) is 0 Å². The van der Waals surface area contributed by atoms with E-state index in [1.54, 1.807) is 31.4 Å². The Morgan fingerprint density at radius 1 is 1.19 bits per heavy atom. The molecule has 1 atom stereocenters. The van der Waals surface area contributed by atoms with E-state index in [0.29, 0.717) is 50.3 Å². The quantitative estimate of drug-likeness (QED) is 0.266. The van der Waals surface area contributed by atoms with Crippen molar-refractivity contribution in [2.45, 2.75) is 25.3 Å². The fourth-order valence-electron chi connectivity index (χ4n) is 2.14. The zero-order chi connectivity index (χ0) is 19.2. The molecule has 144 valence electrons. The van der Waals surface area contributed by atoms with Gasteiger partial charge >= 0.3 is 0 Å². The number of hydrogen-bond donors (Lipinski definition) is 3. The molecule has 8 heteroatoms. The number of carbonyl (C=O) groups excluding carboxylic acids is 3. The maximum atomic E-state index is 12.1. The van der Waals surface area contributed by atoms with Crippen LogP contribution in [0.2, 0.25) is 0 Å². The largest absolute Gasteiger partial charge is 0.399 e. The molecule has 0 aliphatic rings. The third-order valence-corrected chi connectivity index (χ3v) is 3.58. The number of carbonyl (C=O) groups is 3. The molecule has 8 nitrogen and oxygen atoms in total. The average molecular weight is 365 g/mol. The van der Waals surface area contributed by atoms with Crippen LogP contribution < -0.4 is 16.4 Å². The number of aldehydes is 1. The van der Waals surface area contributed by atoms with Gasteiger partial charge in [-0.2, -0.15) is 0 Å². The van der Waals surface area contributed by atoms with Gasteiger partial charge in [-0.3, -0.25) is 9.59 Å². The molecule has 0 bridgehead atoms. The Balaban J connectivity index is 2.18. The van der Waals surface area contributed by atoms with Crippen molar-refractivity contribution in [2.24, 2.45) is 0 Å². The number of hydrogen-bond acceptors (Lipinski definition) is 6. The first-order valence-corrected chi connectivity index (χ1v) is 8.52. The summed E-state index contributed by atoms with van der Waals surface area (Å²) in [5.74, 6) is -0.506. The van der Waals surface area contributed by atoms with Crippen molar-refractivity contribution in [2.75, 3.05) is 39.2 Å². The Morgan fingerprint density at radius 3 is 2.58 bits per heavy atom. The number of nitrogen functional groups attached to an aromatic ring is 1. The third kappa shape index (κ3) is 9.14. The monoisotopic (exact) mass is 365 g/mol. The first-order valence-electron chi connectivity index (χ1n) is 8.52. The zero-order valence-corrected chi connectivity index (χ0v) is 15.0. The Labute approximate surface area is 153 Å². The van der Waals surface area contributed by atoms with Gasteiger partial charge in [0, 0.05) is 24.9 Å². The topological polar surface area (TPSA) is 120 Å². The highest BCUT2D eigenvalue weighted by molar-refractivity contribution is 5.95. The minimum absolute atomic E-state index is 0.00201. The van der Waals surface area contributed by atoms with E-state index in [0.717, 1.165) is 6.29 Å². The van der Waals surface area contributed by atoms with Crippen LogP contribution in [0.25, 0.3) is 0 Å². The summed E-state index contributed by atoms with van der Waals surface area (Å²) in [4.78, 5) is 34.7. The maximum absolute atomic E-state index is 12.1. The minimum Gasteiger partial charge on any atom is -0.399 e. The van der Waals surface area contributed by atoms with Crippen LogP contribution in [0.15, 0.2) is 24.3 Å². The van der Waals surface area contributed by atoms with Crippen molar-refractivity contribution in [3.8, 4) is 0 Å². The Bertz CT molecular complexity index is 562. The highest BCUT2D eigenvalue weighted by Gasteiger charge is 2.12. The number of benzene rings is 1. The molecular formula is C18H27N3O5. The number of methoxy groups -OCH3 is 1. The number of nitrogens with one attached hydrogen (secondary N) is 2. The van der Waals surface area contributed by atoms with E-state index in [9.17, 15) is 14.4 Å². The molecule has 4 N–H and O–H groups in total. The van der Waals surface area contributed by atoms with Gasteiger partial charge in [0.05, 0.1) is 19.3 Å². The molecule has 2 amide bonds. The molecule has 0 heterocycles. The average Bonchev–Trinajstić information content (AvgIpc) is 2.64. The standard InChI is InChI=1S/C18H27N3O5/c1-25-10-11-26-13-17(23)20-9-3-2-4-16(12-22)21-18(24)14-5-7-15(19)8-6-14/h5-8,12,16H,2-4,9-11,13,19H2,1H3,(H,20,23)(H,21,24). The van der Waals surface area contributed by atoms with Crippen LogP contribution in [-0.4, -0.2) is 57.6 Å². The SMILES string of the molecule is COCCOCC(=O)NCCCCC(C=O)NC(=O)c1ccc(N)cc1. The Morgan fingerprint density at radius 2 is 1.92 bits per heavy atom. The number of rotatable bonds is 13.